The summed E-state index contributed by atoms with van der Waals surface area (Å²) in [6.45, 7) is 0. The fourth-order valence-electron chi connectivity index (χ4n) is 1.76. The average Bonchev–Trinajstić information content (AvgIpc) is 2.85. The number of nitrogens with zero attached hydrogens (tertiary/aromatic N) is 2. The maximum absolute atomic E-state index is 12.8. The van der Waals surface area contributed by atoms with Gasteiger partial charge in [0.25, 0.3) is 0 Å². The van der Waals surface area contributed by atoms with E-state index in [4.69, 9.17) is 11.6 Å². The van der Waals surface area contributed by atoms with Crippen LogP contribution in [-0.4, -0.2) is 14.5 Å². The van der Waals surface area contributed by atoms with Gasteiger partial charge in [-0.15, -0.1) is 0 Å². The molecule has 0 amide bonds. The summed E-state index contributed by atoms with van der Waals surface area (Å²) in [6.07, 6.45) is 0. The van der Waals surface area contributed by atoms with Crippen LogP contribution in [0.3, 0.4) is 0 Å². The fraction of sp³-hybridized carbons (Fsp3) is 0.0714. The topological polar surface area (TPSA) is 41.8 Å². The summed E-state index contributed by atoms with van der Waals surface area (Å²) in [7, 11) is -2.40. The van der Waals surface area contributed by atoms with Crippen LogP contribution in [0.25, 0.3) is 0 Å². The molecule has 0 N–H and O–H groups in total. The standard InChI is InChI=1S/C14H11ClN2OS2/c15-12-8-4-5-9-13(12)16-14-17-20(18,10-19-14)11-6-2-1-3-7-11/h1-9H,10H2. The monoisotopic (exact) mass is 322 g/mol. The van der Waals surface area contributed by atoms with Gasteiger partial charge in [-0.3, -0.25) is 0 Å². The van der Waals surface area contributed by atoms with E-state index in [1.54, 1.807) is 6.07 Å². The third-order valence-electron chi connectivity index (χ3n) is 2.75. The molecule has 1 heterocycles. The molecule has 2 aromatic rings. The predicted molar refractivity (Wildman–Crippen MR) is 86.3 cm³/mol. The van der Waals surface area contributed by atoms with Crippen LogP contribution in [0, 0.1) is 0 Å². The molecule has 1 atom stereocenters. The Bertz CT molecular complexity index is 781. The molecule has 1 aliphatic rings. The second kappa shape index (κ2) is 5.60. The van der Waals surface area contributed by atoms with Crippen molar-refractivity contribution in [2.75, 3.05) is 5.08 Å². The molecule has 6 heteroatoms. The molecule has 0 radical (unpaired) electrons. The normalized spacial score (nSPS) is 23.8. The Hall–Kier alpha value is -1.30. The minimum atomic E-state index is -2.40. The van der Waals surface area contributed by atoms with Gasteiger partial charge in [-0.2, -0.15) is 4.36 Å². The molecule has 102 valence electrons. The second-order valence-corrected chi connectivity index (χ2v) is 8.09. The van der Waals surface area contributed by atoms with E-state index >= 15 is 0 Å². The Morgan fingerprint density at radius 1 is 1.10 bits per heavy atom. The molecule has 3 nitrogen and oxygen atoms in total. The van der Waals surface area contributed by atoms with Crippen molar-refractivity contribution in [1.82, 2.24) is 0 Å². The van der Waals surface area contributed by atoms with Crippen molar-refractivity contribution in [3.05, 3.63) is 59.6 Å². The molecule has 0 saturated carbocycles. The van der Waals surface area contributed by atoms with Gasteiger partial charge in [-0.1, -0.05) is 53.7 Å². The highest BCUT2D eigenvalue weighted by Crippen LogP contribution is 2.31. The maximum atomic E-state index is 12.8. The fourth-order valence-corrected chi connectivity index (χ4v) is 5.47. The van der Waals surface area contributed by atoms with Crippen LogP contribution in [0.15, 0.2) is 68.8 Å². The Balaban J connectivity index is 2.00. The number of para-hydroxylation sites is 1. The van der Waals surface area contributed by atoms with Gasteiger partial charge in [-0.25, -0.2) is 9.20 Å². The minimum Gasteiger partial charge on any atom is -0.243 e. The quantitative estimate of drug-likeness (QED) is 0.813. The first kappa shape index (κ1) is 13.7. The van der Waals surface area contributed by atoms with Gasteiger partial charge in [0.05, 0.1) is 25.5 Å². The van der Waals surface area contributed by atoms with Crippen LogP contribution in [0.4, 0.5) is 5.69 Å². The van der Waals surface area contributed by atoms with E-state index in [0.29, 0.717) is 21.0 Å². The lowest BCUT2D eigenvalue weighted by atomic mass is 10.3. The number of aliphatic imine (C=N–C) groups is 1. The molecule has 0 bridgehead atoms. The van der Waals surface area contributed by atoms with Crippen molar-refractivity contribution in [2.24, 2.45) is 9.36 Å². The Morgan fingerprint density at radius 2 is 1.80 bits per heavy atom. The van der Waals surface area contributed by atoms with Gasteiger partial charge in [0.2, 0.25) is 0 Å². The van der Waals surface area contributed by atoms with E-state index in [2.05, 4.69) is 9.36 Å². The van der Waals surface area contributed by atoms with Crippen molar-refractivity contribution in [3.8, 4) is 0 Å². The van der Waals surface area contributed by atoms with Crippen molar-refractivity contribution < 1.29 is 4.21 Å². The molecular formula is C14H11ClN2OS2. The van der Waals surface area contributed by atoms with Gasteiger partial charge in [-0.05, 0) is 24.3 Å². The van der Waals surface area contributed by atoms with Gasteiger partial charge in [0.1, 0.15) is 0 Å². The highest BCUT2D eigenvalue weighted by molar-refractivity contribution is 8.25. The molecule has 20 heavy (non-hydrogen) atoms. The SMILES string of the molecule is O=S1(c2ccccc2)=NC(=Nc2ccccc2Cl)SC1. The summed E-state index contributed by atoms with van der Waals surface area (Å²) in [5.74, 6) is 0. The van der Waals surface area contributed by atoms with Crippen LogP contribution in [0.1, 0.15) is 0 Å². The van der Waals surface area contributed by atoms with E-state index in [9.17, 15) is 4.21 Å². The lowest BCUT2D eigenvalue weighted by Gasteiger charge is -2.00. The van der Waals surface area contributed by atoms with Crippen LogP contribution in [0.5, 0.6) is 0 Å². The first-order valence-electron chi connectivity index (χ1n) is 5.93. The van der Waals surface area contributed by atoms with E-state index in [-0.39, 0.29) is 0 Å². The molecule has 2 aromatic carbocycles. The zero-order valence-electron chi connectivity index (χ0n) is 10.4. The second-order valence-electron chi connectivity index (χ2n) is 4.15. The van der Waals surface area contributed by atoms with Crippen LogP contribution in [0.2, 0.25) is 5.02 Å². The van der Waals surface area contributed by atoms with Crippen LogP contribution in [-0.2, 0) is 9.73 Å². The van der Waals surface area contributed by atoms with Crippen molar-refractivity contribution >= 4 is 43.9 Å². The van der Waals surface area contributed by atoms with Gasteiger partial charge in [0, 0.05) is 4.90 Å². The summed E-state index contributed by atoms with van der Waals surface area (Å²) in [5, 5.41) is 1.51. The first-order chi connectivity index (χ1) is 9.67. The number of halogens is 1. The number of benzene rings is 2. The minimum absolute atomic E-state index is 0.431. The van der Waals surface area contributed by atoms with Crippen molar-refractivity contribution in [2.45, 2.75) is 4.90 Å². The molecule has 0 aliphatic carbocycles. The summed E-state index contributed by atoms with van der Waals surface area (Å²) in [6, 6.07) is 16.6. The number of amidine groups is 1. The Kier molecular flexibility index (Phi) is 3.83. The van der Waals surface area contributed by atoms with Crippen molar-refractivity contribution in [3.63, 3.8) is 0 Å². The molecule has 1 unspecified atom stereocenters. The average molecular weight is 323 g/mol. The zero-order chi connectivity index (χ0) is 14.0. The predicted octanol–water partition coefficient (Wildman–Crippen LogP) is 4.56. The molecule has 3 rings (SSSR count). The molecule has 0 spiro atoms. The van der Waals surface area contributed by atoms with E-state index < -0.39 is 9.73 Å². The number of hydrogen-bond donors (Lipinski definition) is 0. The maximum Gasteiger partial charge on any atom is 0.198 e. The lowest BCUT2D eigenvalue weighted by Crippen LogP contribution is -1.98. The molecule has 0 saturated heterocycles. The van der Waals surface area contributed by atoms with Gasteiger partial charge >= 0.3 is 0 Å². The lowest BCUT2D eigenvalue weighted by molar-refractivity contribution is 0.681. The van der Waals surface area contributed by atoms with Crippen LogP contribution < -0.4 is 0 Å². The number of thioether (sulfide) groups is 1. The zero-order valence-corrected chi connectivity index (χ0v) is 12.8. The molecule has 0 fully saturated rings. The summed E-state index contributed by atoms with van der Waals surface area (Å²) in [5.41, 5.74) is 0.650. The molecule has 1 aliphatic heterocycles. The highest BCUT2D eigenvalue weighted by atomic mass is 35.5. The molecular weight excluding hydrogens is 312 g/mol. The number of hydrogen-bond acceptors (Lipinski definition) is 3. The van der Waals surface area contributed by atoms with Crippen molar-refractivity contribution in [1.29, 1.82) is 0 Å². The van der Waals surface area contributed by atoms with Gasteiger partial charge in [0.15, 0.2) is 5.17 Å². The highest BCUT2D eigenvalue weighted by Gasteiger charge is 2.22. The van der Waals surface area contributed by atoms with E-state index in [0.717, 1.165) is 4.90 Å². The smallest absolute Gasteiger partial charge is 0.198 e. The summed E-state index contributed by atoms with van der Waals surface area (Å²) < 4.78 is 17.1. The third kappa shape index (κ3) is 2.75. The van der Waals surface area contributed by atoms with E-state index in [1.165, 1.54) is 11.8 Å². The number of rotatable bonds is 2. The van der Waals surface area contributed by atoms with Gasteiger partial charge < -0.3 is 0 Å². The molecule has 0 aromatic heterocycles. The Morgan fingerprint density at radius 3 is 2.55 bits per heavy atom. The summed E-state index contributed by atoms with van der Waals surface area (Å²) in [4.78, 5) is 5.13. The van der Waals surface area contributed by atoms with Crippen LogP contribution >= 0.6 is 23.4 Å². The Labute approximate surface area is 127 Å². The van der Waals surface area contributed by atoms with E-state index in [1.807, 2.05) is 48.5 Å². The summed E-state index contributed by atoms with van der Waals surface area (Å²) >= 11 is 7.46. The third-order valence-corrected chi connectivity index (χ3v) is 6.86. The largest absolute Gasteiger partial charge is 0.243 e. The first-order valence-corrected chi connectivity index (χ1v) is 8.98.